The number of amides is 3. The summed E-state index contributed by atoms with van der Waals surface area (Å²) in [6.45, 7) is 1.90. The average molecular weight is 425 g/mol. The largest absolute Gasteiger partial charge is 0.550 e. The van der Waals surface area contributed by atoms with Crippen LogP contribution in [0.15, 0.2) is 18.2 Å². The van der Waals surface area contributed by atoms with E-state index in [-0.39, 0.29) is 36.6 Å². The molecule has 4 aliphatic rings. The third-order valence-corrected chi connectivity index (χ3v) is 7.77. The van der Waals surface area contributed by atoms with Crippen molar-refractivity contribution in [2.75, 3.05) is 5.32 Å². The van der Waals surface area contributed by atoms with Crippen molar-refractivity contribution in [3.63, 3.8) is 0 Å². The number of nitrogens with one attached hydrogen (secondary N) is 1. The van der Waals surface area contributed by atoms with Crippen molar-refractivity contribution in [2.45, 2.75) is 69.5 Å². The molecule has 3 heterocycles. The lowest BCUT2D eigenvalue weighted by Crippen LogP contribution is -2.99. The van der Waals surface area contributed by atoms with Gasteiger partial charge in [-0.05, 0) is 31.7 Å². The molecule has 3 N–H and O–H groups in total. The molecule has 1 aromatic rings. The van der Waals surface area contributed by atoms with Crippen LogP contribution >= 0.6 is 0 Å². The third kappa shape index (κ3) is 2.77. The van der Waals surface area contributed by atoms with Gasteiger partial charge in [-0.15, -0.1) is 0 Å². The van der Waals surface area contributed by atoms with E-state index in [0.717, 1.165) is 43.2 Å². The van der Waals surface area contributed by atoms with Crippen LogP contribution in [0.4, 0.5) is 5.69 Å². The molecular formula is C23H27N3O5. The molecule has 4 atom stereocenters. The number of carbonyl (C=O) groups excluding carboxylic acids is 4. The van der Waals surface area contributed by atoms with Crippen LogP contribution in [0.1, 0.15) is 56.1 Å². The number of hydrogen-bond donors (Lipinski definition) is 2. The van der Waals surface area contributed by atoms with Gasteiger partial charge >= 0.3 is 0 Å². The molecule has 3 aliphatic heterocycles. The summed E-state index contributed by atoms with van der Waals surface area (Å²) in [4.78, 5) is 53.3. The van der Waals surface area contributed by atoms with Crippen LogP contribution in [0.3, 0.4) is 0 Å². The number of quaternary nitrogens is 1. The van der Waals surface area contributed by atoms with E-state index in [1.165, 1.54) is 4.90 Å². The average Bonchev–Trinajstić information content (AvgIpc) is 3.33. The summed E-state index contributed by atoms with van der Waals surface area (Å²) in [5, 5.41) is 15.9. The molecule has 8 heteroatoms. The molecular weight excluding hydrogens is 398 g/mol. The fourth-order valence-electron chi connectivity index (χ4n) is 6.41. The number of hydrogen-bond acceptors (Lipinski definition) is 5. The van der Waals surface area contributed by atoms with Gasteiger partial charge in [0.15, 0.2) is 0 Å². The first-order valence-electron chi connectivity index (χ1n) is 11.2. The van der Waals surface area contributed by atoms with Crippen molar-refractivity contribution in [1.29, 1.82) is 0 Å². The minimum Gasteiger partial charge on any atom is -0.550 e. The highest BCUT2D eigenvalue weighted by Crippen LogP contribution is 2.51. The smallest absolute Gasteiger partial charge is 0.291 e. The number of nitrogens with two attached hydrogens (primary N) is 1. The Labute approximate surface area is 180 Å². The molecule has 3 fully saturated rings. The molecule has 1 saturated carbocycles. The Balaban J connectivity index is 1.61. The van der Waals surface area contributed by atoms with Gasteiger partial charge in [0.05, 0.1) is 5.69 Å². The van der Waals surface area contributed by atoms with Crippen LogP contribution in [0.5, 0.6) is 0 Å². The summed E-state index contributed by atoms with van der Waals surface area (Å²) in [5.41, 5.74) is 1.07. The Morgan fingerprint density at radius 2 is 1.94 bits per heavy atom. The fraction of sp³-hybridized carbons (Fsp3) is 0.565. The highest BCUT2D eigenvalue weighted by atomic mass is 16.4. The number of likely N-dealkylation sites (tertiary alicyclic amines) is 1. The molecule has 1 spiro atoms. The van der Waals surface area contributed by atoms with Crippen LogP contribution in [-0.4, -0.2) is 40.7 Å². The van der Waals surface area contributed by atoms with Crippen molar-refractivity contribution in [3.8, 4) is 0 Å². The van der Waals surface area contributed by atoms with Crippen molar-refractivity contribution >= 4 is 29.4 Å². The van der Waals surface area contributed by atoms with Crippen molar-refractivity contribution in [2.24, 2.45) is 11.8 Å². The number of para-hydroxylation sites is 1. The molecule has 8 nitrogen and oxygen atoms in total. The van der Waals surface area contributed by atoms with Gasteiger partial charge in [-0.3, -0.25) is 19.3 Å². The maximum atomic E-state index is 13.8. The minimum atomic E-state index is -1.24. The number of carboxylic acids is 1. The maximum absolute atomic E-state index is 13.8. The predicted octanol–water partition coefficient (Wildman–Crippen LogP) is -0.448. The summed E-state index contributed by atoms with van der Waals surface area (Å²) in [5.74, 6) is -3.54. The molecule has 3 amide bonds. The van der Waals surface area contributed by atoms with E-state index in [1.54, 1.807) is 5.32 Å². The lowest BCUT2D eigenvalue weighted by Gasteiger charge is -2.32. The zero-order valence-corrected chi connectivity index (χ0v) is 17.6. The Kier molecular flexibility index (Phi) is 4.66. The maximum Gasteiger partial charge on any atom is 0.291 e. The summed E-state index contributed by atoms with van der Waals surface area (Å²) in [6, 6.07) is 5.00. The first-order chi connectivity index (χ1) is 14.9. The number of rotatable bonds is 4. The van der Waals surface area contributed by atoms with Gasteiger partial charge < -0.3 is 20.5 Å². The summed E-state index contributed by atoms with van der Waals surface area (Å²) in [7, 11) is 0. The van der Waals surface area contributed by atoms with Gasteiger partial charge in [0, 0.05) is 24.0 Å². The van der Waals surface area contributed by atoms with Crippen LogP contribution in [0, 0.1) is 18.8 Å². The lowest BCUT2D eigenvalue weighted by atomic mass is 9.76. The lowest BCUT2D eigenvalue weighted by molar-refractivity contribution is -0.734. The van der Waals surface area contributed by atoms with Gasteiger partial charge in [0.25, 0.3) is 5.91 Å². The number of benzene rings is 1. The van der Waals surface area contributed by atoms with E-state index < -0.39 is 29.4 Å². The molecule has 5 rings (SSSR count). The SMILES string of the molecule is Cc1cccc2c1NC(=O)[C@@]21[NH2+][C@@H](CCC(=O)[O-])[C@H]2C(=O)N(C3CCCCC3)C(=O)[C@H]21. The van der Waals surface area contributed by atoms with Crippen LogP contribution in [0.2, 0.25) is 0 Å². The molecule has 2 saturated heterocycles. The standard InChI is InChI=1S/C23H27N3O5/c1-12-6-5-9-14-19(12)24-22(31)23(14)18-17(15(25-23)10-11-16(27)28)20(29)26(21(18)30)13-7-3-2-4-8-13/h5-6,9,13,15,17-18,25H,2-4,7-8,10-11H2,1H3,(H,24,31)(H,27,28)/t15-,17+,18-,23+/m0/s1. The fourth-order valence-corrected chi connectivity index (χ4v) is 6.41. The number of nitrogens with zero attached hydrogens (tertiary/aromatic N) is 1. The molecule has 31 heavy (non-hydrogen) atoms. The highest BCUT2D eigenvalue weighted by Gasteiger charge is 2.74. The number of aliphatic carboxylic acids is 1. The van der Waals surface area contributed by atoms with E-state index in [2.05, 4.69) is 5.32 Å². The molecule has 1 aromatic carbocycles. The van der Waals surface area contributed by atoms with E-state index in [9.17, 15) is 24.3 Å². The van der Waals surface area contributed by atoms with E-state index >= 15 is 0 Å². The summed E-state index contributed by atoms with van der Waals surface area (Å²) >= 11 is 0. The van der Waals surface area contributed by atoms with Crippen LogP contribution in [-0.2, 0) is 24.7 Å². The molecule has 0 bridgehead atoms. The van der Waals surface area contributed by atoms with Crippen LogP contribution in [0.25, 0.3) is 0 Å². The number of aryl methyl sites for hydroxylation is 1. The first-order valence-corrected chi connectivity index (χ1v) is 11.2. The molecule has 0 unspecified atom stereocenters. The van der Waals surface area contributed by atoms with Gasteiger partial charge in [-0.25, -0.2) is 0 Å². The Morgan fingerprint density at radius 3 is 2.65 bits per heavy atom. The third-order valence-electron chi connectivity index (χ3n) is 7.77. The summed E-state index contributed by atoms with van der Waals surface area (Å²) < 4.78 is 0. The molecule has 164 valence electrons. The van der Waals surface area contributed by atoms with Crippen LogP contribution < -0.4 is 15.7 Å². The number of anilines is 1. The zero-order valence-electron chi connectivity index (χ0n) is 17.6. The predicted molar refractivity (Wildman–Crippen MR) is 107 cm³/mol. The van der Waals surface area contributed by atoms with Gasteiger partial charge in [0.1, 0.15) is 17.9 Å². The Hall–Kier alpha value is -2.74. The topological polar surface area (TPSA) is 123 Å². The Bertz CT molecular complexity index is 985. The second-order valence-electron chi connectivity index (χ2n) is 9.40. The molecule has 0 aromatic heterocycles. The van der Waals surface area contributed by atoms with E-state index in [1.807, 2.05) is 25.1 Å². The first kappa shape index (κ1) is 20.2. The monoisotopic (exact) mass is 425 g/mol. The second-order valence-corrected chi connectivity index (χ2v) is 9.40. The van der Waals surface area contributed by atoms with Crippen molar-refractivity contribution < 1.29 is 29.6 Å². The number of imide groups is 1. The Morgan fingerprint density at radius 1 is 1.19 bits per heavy atom. The number of fused-ring (bicyclic) bond motifs is 4. The van der Waals surface area contributed by atoms with E-state index in [0.29, 0.717) is 5.69 Å². The minimum absolute atomic E-state index is 0.125. The molecule has 1 aliphatic carbocycles. The van der Waals surface area contributed by atoms with E-state index in [4.69, 9.17) is 0 Å². The van der Waals surface area contributed by atoms with Crippen molar-refractivity contribution in [3.05, 3.63) is 29.3 Å². The molecule has 0 radical (unpaired) electrons. The zero-order chi connectivity index (χ0) is 21.9. The number of carbonyl (C=O) groups is 4. The quantitative estimate of drug-likeness (QED) is 0.633. The highest BCUT2D eigenvalue weighted by molar-refractivity contribution is 6.14. The van der Waals surface area contributed by atoms with Gasteiger partial charge in [-0.1, -0.05) is 37.5 Å². The normalized spacial score (nSPS) is 32.5. The van der Waals surface area contributed by atoms with Gasteiger partial charge in [-0.2, -0.15) is 0 Å². The number of carboxylic acid groups (broad SMARTS) is 1. The second kappa shape index (κ2) is 7.15. The summed E-state index contributed by atoms with van der Waals surface area (Å²) in [6.07, 6.45) is 4.60. The van der Waals surface area contributed by atoms with Gasteiger partial charge in [0.2, 0.25) is 17.4 Å². The van der Waals surface area contributed by atoms with Crippen molar-refractivity contribution in [1.82, 2.24) is 4.90 Å².